The van der Waals surface area contributed by atoms with E-state index < -0.39 is 6.10 Å². The first-order valence-electron chi connectivity index (χ1n) is 5.79. The Bertz CT molecular complexity index is 377. The van der Waals surface area contributed by atoms with E-state index in [1.54, 1.807) is 13.1 Å². The number of aliphatic hydroxyl groups excluding tert-OH is 1. The summed E-state index contributed by atoms with van der Waals surface area (Å²) in [5.41, 5.74) is 1.37. The molecule has 4 heteroatoms. The Labute approximate surface area is 102 Å². The SMILES string of the molecule is CNc1ccccc1C(=O)NCC(O)C(C)C. The summed E-state index contributed by atoms with van der Waals surface area (Å²) < 4.78 is 0. The van der Waals surface area contributed by atoms with E-state index in [0.29, 0.717) is 5.56 Å². The van der Waals surface area contributed by atoms with Gasteiger partial charge in [-0.05, 0) is 18.1 Å². The molecule has 0 aliphatic heterocycles. The lowest BCUT2D eigenvalue weighted by Crippen LogP contribution is -2.34. The van der Waals surface area contributed by atoms with Gasteiger partial charge in [0.15, 0.2) is 0 Å². The van der Waals surface area contributed by atoms with Gasteiger partial charge in [0, 0.05) is 19.3 Å². The Balaban J connectivity index is 2.64. The molecule has 17 heavy (non-hydrogen) atoms. The number of aliphatic hydroxyl groups is 1. The standard InChI is InChI=1S/C13H20N2O2/c1-9(2)12(16)8-15-13(17)10-6-4-5-7-11(10)14-3/h4-7,9,12,14,16H,8H2,1-3H3,(H,15,17). The van der Waals surface area contributed by atoms with E-state index in [2.05, 4.69) is 10.6 Å². The van der Waals surface area contributed by atoms with Crippen molar-refractivity contribution >= 4 is 11.6 Å². The lowest BCUT2D eigenvalue weighted by Gasteiger charge is -2.16. The van der Waals surface area contributed by atoms with E-state index in [1.807, 2.05) is 32.0 Å². The summed E-state index contributed by atoms with van der Waals surface area (Å²) in [5.74, 6) is -0.0375. The van der Waals surface area contributed by atoms with Gasteiger partial charge in [0.25, 0.3) is 5.91 Å². The normalized spacial score (nSPS) is 12.3. The number of carbonyl (C=O) groups excluding carboxylic acids is 1. The third-order valence-electron chi connectivity index (χ3n) is 2.68. The molecular formula is C13H20N2O2. The van der Waals surface area contributed by atoms with Gasteiger partial charge in [-0.3, -0.25) is 4.79 Å². The zero-order valence-corrected chi connectivity index (χ0v) is 10.5. The van der Waals surface area contributed by atoms with Crippen LogP contribution in [0.25, 0.3) is 0 Å². The van der Waals surface area contributed by atoms with Crippen molar-refractivity contribution in [1.29, 1.82) is 0 Å². The predicted octanol–water partition coefficient (Wildman–Crippen LogP) is 1.47. The maximum Gasteiger partial charge on any atom is 0.253 e. The van der Waals surface area contributed by atoms with Crippen LogP contribution in [0.4, 0.5) is 5.69 Å². The van der Waals surface area contributed by atoms with Crippen LogP contribution in [0.2, 0.25) is 0 Å². The van der Waals surface area contributed by atoms with Crippen molar-refractivity contribution in [2.75, 3.05) is 18.9 Å². The van der Waals surface area contributed by atoms with Crippen molar-refractivity contribution in [2.45, 2.75) is 20.0 Å². The maximum atomic E-state index is 11.9. The van der Waals surface area contributed by atoms with Crippen LogP contribution in [0.3, 0.4) is 0 Å². The lowest BCUT2D eigenvalue weighted by molar-refractivity contribution is 0.0872. The molecule has 0 aromatic heterocycles. The molecule has 1 aromatic carbocycles. The molecule has 1 amide bonds. The fraction of sp³-hybridized carbons (Fsp3) is 0.462. The number of carbonyl (C=O) groups is 1. The fourth-order valence-corrected chi connectivity index (χ4v) is 1.43. The Morgan fingerprint density at radius 2 is 2.00 bits per heavy atom. The second kappa shape index (κ2) is 6.25. The first-order chi connectivity index (χ1) is 8.06. The Hall–Kier alpha value is -1.55. The van der Waals surface area contributed by atoms with Gasteiger partial charge in [0.2, 0.25) is 0 Å². The van der Waals surface area contributed by atoms with E-state index in [0.717, 1.165) is 5.69 Å². The number of para-hydroxylation sites is 1. The number of nitrogens with one attached hydrogen (secondary N) is 2. The minimum absolute atomic E-state index is 0.134. The van der Waals surface area contributed by atoms with Crippen molar-refractivity contribution in [3.63, 3.8) is 0 Å². The minimum Gasteiger partial charge on any atom is -0.391 e. The highest BCUT2D eigenvalue weighted by Gasteiger charge is 2.13. The molecule has 1 unspecified atom stereocenters. The van der Waals surface area contributed by atoms with Gasteiger partial charge in [0.05, 0.1) is 11.7 Å². The van der Waals surface area contributed by atoms with Crippen LogP contribution < -0.4 is 10.6 Å². The molecule has 0 heterocycles. The Kier molecular flexibility index (Phi) is 4.97. The van der Waals surface area contributed by atoms with Crippen LogP contribution in [0.15, 0.2) is 24.3 Å². The minimum atomic E-state index is -0.513. The molecule has 0 aliphatic carbocycles. The molecule has 0 saturated carbocycles. The number of amides is 1. The van der Waals surface area contributed by atoms with E-state index >= 15 is 0 Å². The van der Waals surface area contributed by atoms with E-state index in [1.165, 1.54) is 0 Å². The quantitative estimate of drug-likeness (QED) is 0.725. The fourth-order valence-electron chi connectivity index (χ4n) is 1.43. The summed E-state index contributed by atoms with van der Waals surface area (Å²) in [5, 5.41) is 15.3. The van der Waals surface area contributed by atoms with Crippen LogP contribution in [0.1, 0.15) is 24.2 Å². The number of hydrogen-bond acceptors (Lipinski definition) is 3. The molecule has 1 rings (SSSR count). The molecule has 3 N–H and O–H groups in total. The first kappa shape index (κ1) is 13.5. The van der Waals surface area contributed by atoms with Crippen molar-refractivity contribution in [3.05, 3.63) is 29.8 Å². The van der Waals surface area contributed by atoms with Crippen molar-refractivity contribution in [1.82, 2.24) is 5.32 Å². The Morgan fingerprint density at radius 1 is 1.35 bits per heavy atom. The molecule has 4 nitrogen and oxygen atoms in total. The van der Waals surface area contributed by atoms with E-state index in [9.17, 15) is 9.90 Å². The highest BCUT2D eigenvalue weighted by atomic mass is 16.3. The van der Waals surface area contributed by atoms with Crippen LogP contribution in [-0.4, -0.2) is 30.7 Å². The topological polar surface area (TPSA) is 61.4 Å². The summed E-state index contributed by atoms with van der Waals surface area (Å²) in [6, 6.07) is 7.27. The molecular weight excluding hydrogens is 216 g/mol. The number of rotatable bonds is 5. The predicted molar refractivity (Wildman–Crippen MR) is 69.2 cm³/mol. The molecule has 0 aliphatic rings. The second-order valence-electron chi connectivity index (χ2n) is 4.32. The van der Waals surface area contributed by atoms with Gasteiger partial charge in [0.1, 0.15) is 0 Å². The van der Waals surface area contributed by atoms with Gasteiger partial charge in [-0.1, -0.05) is 26.0 Å². The van der Waals surface area contributed by atoms with Crippen molar-refractivity contribution < 1.29 is 9.90 Å². The highest BCUT2D eigenvalue weighted by Crippen LogP contribution is 2.13. The van der Waals surface area contributed by atoms with Crippen LogP contribution >= 0.6 is 0 Å². The number of hydrogen-bond donors (Lipinski definition) is 3. The Morgan fingerprint density at radius 3 is 2.59 bits per heavy atom. The number of benzene rings is 1. The van der Waals surface area contributed by atoms with Crippen molar-refractivity contribution in [2.24, 2.45) is 5.92 Å². The number of anilines is 1. The largest absolute Gasteiger partial charge is 0.391 e. The molecule has 0 spiro atoms. The van der Waals surface area contributed by atoms with Gasteiger partial charge in [-0.25, -0.2) is 0 Å². The summed E-state index contributed by atoms with van der Waals surface area (Å²) >= 11 is 0. The van der Waals surface area contributed by atoms with Gasteiger partial charge in [-0.15, -0.1) is 0 Å². The third kappa shape index (κ3) is 3.75. The van der Waals surface area contributed by atoms with Crippen LogP contribution in [0, 0.1) is 5.92 Å². The average Bonchev–Trinajstić information content (AvgIpc) is 2.35. The molecule has 0 fully saturated rings. The molecule has 0 bridgehead atoms. The van der Waals surface area contributed by atoms with Crippen LogP contribution in [-0.2, 0) is 0 Å². The zero-order chi connectivity index (χ0) is 12.8. The molecule has 1 atom stereocenters. The first-order valence-corrected chi connectivity index (χ1v) is 5.79. The smallest absolute Gasteiger partial charge is 0.253 e. The molecule has 94 valence electrons. The highest BCUT2D eigenvalue weighted by molar-refractivity contribution is 5.99. The van der Waals surface area contributed by atoms with Crippen LogP contribution in [0.5, 0.6) is 0 Å². The van der Waals surface area contributed by atoms with Gasteiger partial charge < -0.3 is 15.7 Å². The van der Waals surface area contributed by atoms with Gasteiger partial charge >= 0.3 is 0 Å². The van der Waals surface area contributed by atoms with E-state index in [-0.39, 0.29) is 18.4 Å². The summed E-state index contributed by atoms with van der Waals surface area (Å²) in [6.45, 7) is 4.10. The summed E-state index contributed by atoms with van der Waals surface area (Å²) in [6.07, 6.45) is -0.513. The zero-order valence-electron chi connectivity index (χ0n) is 10.5. The third-order valence-corrected chi connectivity index (χ3v) is 2.68. The van der Waals surface area contributed by atoms with E-state index in [4.69, 9.17) is 0 Å². The molecule has 1 aromatic rings. The summed E-state index contributed by atoms with van der Waals surface area (Å²) in [4.78, 5) is 11.9. The average molecular weight is 236 g/mol. The monoisotopic (exact) mass is 236 g/mol. The maximum absolute atomic E-state index is 11.9. The van der Waals surface area contributed by atoms with Crippen molar-refractivity contribution in [3.8, 4) is 0 Å². The van der Waals surface area contributed by atoms with Gasteiger partial charge in [-0.2, -0.15) is 0 Å². The molecule has 0 saturated heterocycles. The lowest BCUT2D eigenvalue weighted by atomic mass is 10.1. The molecule has 0 radical (unpaired) electrons. The summed E-state index contributed by atoms with van der Waals surface area (Å²) in [7, 11) is 1.77. The second-order valence-corrected chi connectivity index (χ2v) is 4.32.